The molecule has 0 saturated heterocycles. The highest BCUT2D eigenvalue weighted by atomic mass is 19.4. The molecule has 0 bridgehead atoms. The van der Waals surface area contributed by atoms with Crippen molar-refractivity contribution in [3.8, 4) is 0 Å². The lowest BCUT2D eigenvalue weighted by molar-refractivity contribution is -0.137. The van der Waals surface area contributed by atoms with Gasteiger partial charge in [0.05, 0.1) is 16.8 Å². The highest BCUT2D eigenvalue weighted by molar-refractivity contribution is 6.00. The first-order valence-corrected chi connectivity index (χ1v) is 7.73. The fourth-order valence-electron chi connectivity index (χ4n) is 2.54. The maximum Gasteiger partial charge on any atom is 0.416 e. The fraction of sp³-hybridized carbons (Fsp3) is 0.158. The number of hydrogen-bond acceptors (Lipinski definition) is 2. The van der Waals surface area contributed by atoms with Crippen LogP contribution in [0.15, 0.2) is 60.8 Å². The van der Waals surface area contributed by atoms with Crippen molar-refractivity contribution in [1.82, 2.24) is 4.98 Å². The Morgan fingerprint density at radius 3 is 2.44 bits per heavy atom. The molecule has 0 aliphatic carbocycles. The quantitative estimate of drug-likeness (QED) is 0.737. The van der Waals surface area contributed by atoms with Gasteiger partial charge in [0.1, 0.15) is 0 Å². The predicted octanol–water partition coefficient (Wildman–Crippen LogP) is 4.82. The second-order valence-electron chi connectivity index (χ2n) is 5.62. The molecule has 1 amide bonds. The van der Waals surface area contributed by atoms with Gasteiger partial charge in [-0.15, -0.1) is 0 Å². The first-order chi connectivity index (χ1) is 11.9. The summed E-state index contributed by atoms with van der Waals surface area (Å²) in [5.41, 5.74) is 1.31. The lowest BCUT2D eigenvalue weighted by Crippen LogP contribution is -2.13. The third kappa shape index (κ3) is 4.15. The van der Waals surface area contributed by atoms with Crippen LogP contribution in [0.25, 0.3) is 10.9 Å². The zero-order chi connectivity index (χ0) is 17.9. The molecule has 0 spiro atoms. The van der Waals surface area contributed by atoms with Gasteiger partial charge >= 0.3 is 6.18 Å². The number of halogens is 3. The zero-order valence-electron chi connectivity index (χ0n) is 13.2. The number of nitrogens with one attached hydrogen (secondary N) is 1. The van der Waals surface area contributed by atoms with E-state index in [1.165, 1.54) is 12.1 Å². The summed E-state index contributed by atoms with van der Waals surface area (Å²) in [6.45, 7) is 0. The molecule has 3 rings (SSSR count). The Balaban J connectivity index is 1.63. The average molecular weight is 344 g/mol. The van der Waals surface area contributed by atoms with Gasteiger partial charge in [-0.3, -0.25) is 9.78 Å². The largest absolute Gasteiger partial charge is 0.416 e. The summed E-state index contributed by atoms with van der Waals surface area (Å²) in [4.78, 5) is 16.4. The van der Waals surface area contributed by atoms with E-state index >= 15 is 0 Å². The monoisotopic (exact) mass is 344 g/mol. The molecule has 3 nitrogen and oxygen atoms in total. The standard InChI is InChI=1S/C19H15F3N2O/c20-19(21,22)15-9-6-13(7-10-15)8-11-17(25)24-16-5-1-3-14-4-2-12-23-18(14)16/h1-7,9-10,12H,8,11H2,(H,24,25). The Hall–Kier alpha value is -2.89. The number of benzene rings is 2. The minimum atomic E-state index is -4.35. The van der Waals surface area contributed by atoms with Gasteiger partial charge in [0.2, 0.25) is 5.91 Å². The number of aromatic nitrogens is 1. The third-order valence-corrected chi connectivity index (χ3v) is 3.83. The lowest BCUT2D eigenvalue weighted by Gasteiger charge is -2.09. The number of aryl methyl sites for hydroxylation is 1. The second-order valence-corrected chi connectivity index (χ2v) is 5.62. The van der Waals surface area contributed by atoms with E-state index in [4.69, 9.17) is 0 Å². The van der Waals surface area contributed by atoms with Crippen LogP contribution in [0.3, 0.4) is 0 Å². The molecule has 1 N–H and O–H groups in total. The van der Waals surface area contributed by atoms with E-state index in [1.54, 1.807) is 12.3 Å². The summed E-state index contributed by atoms with van der Waals surface area (Å²) in [5.74, 6) is -0.210. The topological polar surface area (TPSA) is 42.0 Å². The molecule has 2 aromatic carbocycles. The van der Waals surface area contributed by atoms with Gasteiger partial charge in [0.25, 0.3) is 0 Å². The number of hydrogen-bond donors (Lipinski definition) is 1. The van der Waals surface area contributed by atoms with Crippen molar-refractivity contribution in [2.75, 3.05) is 5.32 Å². The van der Waals surface area contributed by atoms with Gasteiger partial charge in [-0.2, -0.15) is 13.2 Å². The number of pyridine rings is 1. The number of fused-ring (bicyclic) bond motifs is 1. The van der Waals surface area contributed by atoms with Gasteiger partial charge in [0, 0.05) is 18.0 Å². The summed E-state index contributed by atoms with van der Waals surface area (Å²) < 4.78 is 37.6. The van der Waals surface area contributed by atoms with Gasteiger partial charge in [-0.25, -0.2) is 0 Å². The second kappa shape index (κ2) is 6.93. The van der Waals surface area contributed by atoms with E-state index < -0.39 is 11.7 Å². The van der Waals surface area contributed by atoms with Crippen LogP contribution in [0.2, 0.25) is 0 Å². The lowest BCUT2D eigenvalue weighted by atomic mass is 10.1. The van der Waals surface area contributed by atoms with E-state index in [9.17, 15) is 18.0 Å². The van der Waals surface area contributed by atoms with Crippen LogP contribution in [-0.4, -0.2) is 10.9 Å². The molecule has 1 aromatic heterocycles. The van der Waals surface area contributed by atoms with Crippen molar-refractivity contribution in [2.45, 2.75) is 19.0 Å². The van der Waals surface area contributed by atoms with Crippen LogP contribution in [0.1, 0.15) is 17.5 Å². The average Bonchev–Trinajstić information content (AvgIpc) is 2.60. The number of carbonyl (C=O) groups is 1. The molecular formula is C19H15F3N2O. The highest BCUT2D eigenvalue weighted by Gasteiger charge is 2.29. The van der Waals surface area contributed by atoms with Gasteiger partial charge in [0.15, 0.2) is 0 Å². The Morgan fingerprint density at radius 1 is 1.00 bits per heavy atom. The maximum atomic E-state index is 12.5. The van der Waals surface area contributed by atoms with Crippen LogP contribution >= 0.6 is 0 Å². The SMILES string of the molecule is O=C(CCc1ccc(C(F)(F)F)cc1)Nc1cccc2cccnc12. The third-order valence-electron chi connectivity index (χ3n) is 3.83. The normalized spacial score (nSPS) is 11.5. The molecule has 0 saturated carbocycles. The molecule has 0 fully saturated rings. The van der Waals surface area contributed by atoms with Crippen molar-refractivity contribution in [3.63, 3.8) is 0 Å². The molecule has 0 aliphatic heterocycles. The Kier molecular flexibility index (Phi) is 4.70. The summed E-state index contributed by atoms with van der Waals surface area (Å²) >= 11 is 0. The summed E-state index contributed by atoms with van der Waals surface area (Å²) in [7, 11) is 0. The number of para-hydroxylation sites is 1. The van der Waals surface area contributed by atoms with E-state index in [2.05, 4.69) is 10.3 Å². The molecule has 6 heteroatoms. The fourth-order valence-corrected chi connectivity index (χ4v) is 2.54. The van der Waals surface area contributed by atoms with E-state index in [1.807, 2.05) is 24.3 Å². The van der Waals surface area contributed by atoms with Crippen LogP contribution in [0.4, 0.5) is 18.9 Å². The van der Waals surface area contributed by atoms with Gasteiger partial charge in [-0.05, 0) is 36.2 Å². The van der Waals surface area contributed by atoms with Crippen LogP contribution in [0.5, 0.6) is 0 Å². The van der Waals surface area contributed by atoms with Crippen molar-refractivity contribution < 1.29 is 18.0 Å². The summed E-state index contributed by atoms with van der Waals surface area (Å²) in [6.07, 6.45) is -2.16. The number of rotatable bonds is 4. The van der Waals surface area contributed by atoms with Crippen LogP contribution in [0, 0.1) is 0 Å². The Morgan fingerprint density at radius 2 is 1.72 bits per heavy atom. The van der Waals surface area contributed by atoms with Crippen molar-refractivity contribution in [3.05, 3.63) is 71.9 Å². The molecular weight excluding hydrogens is 329 g/mol. The molecule has 0 radical (unpaired) electrons. The molecule has 1 heterocycles. The van der Waals surface area contributed by atoms with Crippen LogP contribution < -0.4 is 5.32 Å². The van der Waals surface area contributed by atoms with E-state index in [-0.39, 0.29) is 12.3 Å². The summed E-state index contributed by atoms with van der Waals surface area (Å²) in [5, 5.41) is 3.73. The summed E-state index contributed by atoms with van der Waals surface area (Å²) in [6, 6.07) is 14.1. The predicted molar refractivity (Wildman–Crippen MR) is 90.1 cm³/mol. The maximum absolute atomic E-state index is 12.5. The molecule has 0 atom stereocenters. The molecule has 128 valence electrons. The van der Waals surface area contributed by atoms with E-state index in [0.717, 1.165) is 17.5 Å². The molecule has 25 heavy (non-hydrogen) atoms. The molecule has 0 unspecified atom stereocenters. The van der Waals surface area contributed by atoms with Gasteiger partial charge < -0.3 is 5.32 Å². The zero-order valence-corrected chi connectivity index (χ0v) is 13.2. The number of carbonyl (C=O) groups excluding carboxylic acids is 1. The first kappa shape index (κ1) is 17.0. The highest BCUT2D eigenvalue weighted by Crippen LogP contribution is 2.29. The van der Waals surface area contributed by atoms with Gasteiger partial charge in [-0.1, -0.05) is 30.3 Å². The van der Waals surface area contributed by atoms with E-state index in [0.29, 0.717) is 23.2 Å². The molecule has 0 aliphatic rings. The first-order valence-electron chi connectivity index (χ1n) is 7.73. The number of alkyl halides is 3. The number of nitrogens with zero attached hydrogens (tertiary/aromatic N) is 1. The molecule has 3 aromatic rings. The smallest absolute Gasteiger partial charge is 0.324 e. The Bertz CT molecular complexity index is 884. The minimum Gasteiger partial charge on any atom is -0.324 e. The minimum absolute atomic E-state index is 0.175. The van der Waals surface area contributed by atoms with Crippen LogP contribution in [-0.2, 0) is 17.4 Å². The number of anilines is 1. The van der Waals surface area contributed by atoms with Crippen molar-refractivity contribution in [2.24, 2.45) is 0 Å². The number of amides is 1. The van der Waals surface area contributed by atoms with Crippen molar-refractivity contribution in [1.29, 1.82) is 0 Å². The Labute approximate surface area is 142 Å². The van der Waals surface area contributed by atoms with Crippen molar-refractivity contribution >= 4 is 22.5 Å².